The fraction of sp³-hybridized carbons (Fsp3) is 0.133. The second kappa shape index (κ2) is 6.16. The van der Waals surface area contributed by atoms with Gasteiger partial charge in [0.25, 0.3) is 5.91 Å². The van der Waals surface area contributed by atoms with Gasteiger partial charge in [0.2, 0.25) is 0 Å². The predicted molar refractivity (Wildman–Crippen MR) is 84.6 cm³/mol. The van der Waals surface area contributed by atoms with Gasteiger partial charge in [-0.1, -0.05) is 36.2 Å². The van der Waals surface area contributed by atoms with Crippen LogP contribution in [0.2, 0.25) is 10.0 Å². The van der Waals surface area contributed by atoms with E-state index < -0.39 is 0 Å². The maximum atomic E-state index is 12.1. The average Bonchev–Trinajstić information content (AvgIpc) is 2.37. The van der Waals surface area contributed by atoms with Crippen LogP contribution in [0.3, 0.4) is 0 Å². The van der Waals surface area contributed by atoms with Gasteiger partial charge in [-0.15, -0.1) is 0 Å². The topological polar surface area (TPSA) is 55.1 Å². The quantitative estimate of drug-likeness (QED) is 0.826. The van der Waals surface area contributed by atoms with Gasteiger partial charge in [0, 0.05) is 27.0 Å². The van der Waals surface area contributed by atoms with Crippen molar-refractivity contribution in [1.29, 1.82) is 0 Å². The number of aryl methyl sites for hydroxylation is 1. The lowest BCUT2D eigenvalue weighted by atomic mass is 10.1. The molecule has 0 fully saturated rings. The molecule has 104 valence electrons. The highest BCUT2D eigenvalue weighted by Crippen LogP contribution is 2.22. The number of amides is 1. The van der Waals surface area contributed by atoms with Crippen molar-refractivity contribution in [1.82, 2.24) is 0 Å². The molecule has 0 radical (unpaired) electrons. The molecule has 0 heterocycles. The molecule has 0 atom stereocenters. The molecule has 2 rings (SSSR count). The Balaban J connectivity index is 2.21. The summed E-state index contributed by atoms with van der Waals surface area (Å²) < 4.78 is 0. The van der Waals surface area contributed by atoms with E-state index in [9.17, 15) is 4.79 Å². The number of nitrogen functional groups attached to an aromatic ring is 1. The van der Waals surface area contributed by atoms with Gasteiger partial charge >= 0.3 is 0 Å². The number of halogens is 2. The number of nitrogens with one attached hydrogen (secondary N) is 1. The van der Waals surface area contributed by atoms with E-state index >= 15 is 0 Å². The van der Waals surface area contributed by atoms with E-state index in [-0.39, 0.29) is 5.91 Å². The van der Waals surface area contributed by atoms with E-state index in [2.05, 4.69) is 5.32 Å². The molecule has 0 aliphatic carbocycles. The summed E-state index contributed by atoms with van der Waals surface area (Å²) in [4.78, 5) is 12.1. The van der Waals surface area contributed by atoms with Gasteiger partial charge in [0.15, 0.2) is 0 Å². The Kier molecular flexibility index (Phi) is 4.53. The molecule has 0 aromatic heterocycles. The summed E-state index contributed by atoms with van der Waals surface area (Å²) in [5.41, 5.74) is 8.66. The van der Waals surface area contributed by atoms with Crippen molar-refractivity contribution in [3.05, 3.63) is 57.6 Å². The van der Waals surface area contributed by atoms with Crippen molar-refractivity contribution in [3.8, 4) is 0 Å². The summed E-state index contributed by atoms with van der Waals surface area (Å²) >= 11 is 11.8. The molecule has 0 aliphatic rings. The van der Waals surface area contributed by atoms with Crippen molar-refractivity contribution >= 4 is 40.5 Å². The van der Waals surface area contributed by atoms with Gasteiger partial charge in [0.1, 0.15) is 0 Å². The third-order valence-electron chi connectivity index (χ3n) is 2.91. The van der Waals surface area contributed by atoms with Crippen LogP contribution in [0.25, 0.3) is 0 Å². The first kappa shape index (κ1) is 14.7. The molecule has 3 nitrogen and oxygen atoms in total. The molecule has 2 aromatic carbocycles. The van der Waals surface area contributed by atoms with Crippen molar-refractivity contribution in [2.45, 2.75) is 13.3 Å². The Hall–Kier alpha value is -1.71. The SMILES string of the molecule is CCc1ccc(NC(=O)c2cc(Cl)cc(Cl)c2)cc1N. The maximum Gasteiger partial charge on any atom is 0.255 e. The second-order valence-corrected chi connectivity index (χ2v) is 5.25. The van der Waals surface area contributed by atoms with E-state index in [1.54, 1.807) is 24.3 Å². The molecular formula is C15H14Cl2N2O. The molecule has 3 N–H and O–H groups in total. The van der Waals surface area contributed by atoms with Crippen molar-refractivity contribution in [2.24, 2.45) is 0 Å². The normalized spacial score (nSPS) is 10.3. The van der Waals surface area contributed by atoms with Gasteiger partial charge in [-0.2, -0.15) is 0 Å². The zero-order valence-electron chi connectivity index (χ0n) is 10.9. The maximum absolute atomic E-state index is 12.1. The lowest BCUT2D eigenvalue weighted by Crippen LogP contribution is -2.12. The van der Waals surface area contributed by atoms with Crippen LogP contribution in [-0.2, 0) is 6.42 Å². The first-order valence-corrected chi connectivity index (χ1v) is 6.91. The van der Waals surface area contributed by atoms with Crippen molar-refractivity contribution in [2.75, 3.05) is 11.1 Å². The molecule has 2 aromatic rings. The van der Waals surface area contributed by atoms with E-state index in [1.807, 2.05) is 19.1 Å². The van der Waals surface area contributed by atoms with E-state index in [0.717, 1.165) is 12.0 Å². The highest BCUT2D eigenvalue weighted by Gasteiger charge is 2.09. The van der Waals surface area contributed by atoms with Crippen LogP contribution in [0, 0.1) is 0 Å². The fourth-order valence-electron chi connectivity index (χ4n) is 1.88. The minimum Gasteiger partial charge on any atom is -0.398 e. The number of nitrogens with two attached hydrogens (primary N) is 1. The van der Waals surface area contributed by atoms with E-state index in [0.29, 0.717) is 27.0 Å². The summed E-state index contributed by atoms with van der Waals surface area (Å²) in [5.74, 6) is -0.280. The van der Waals surface area contributed by atoms with Gasteiger partial charge < -0.3 is 11.1 Å². The van der Waals surface area contributed by atoms with Gasteiger partial charge in [-0.3, -0.25) is 4.79 Å². The highest BCUT2D eigenvalue weighted by atomic mass is 35.5. The van der Waals surface area contributed by atoms with Gasteiger partial charge in [-0.05, 0) is 42.3 Å². The third kappa shape index (κ3) is 3.44. The molecule has 0 saturated carbocycles. The Labute approximate surface area is 127 Å². The summed E-state index contributed by atoms with van der Waals surface area (Å²) in [7, 11) is 0. The van der Waals surface area contributed by atoms with Crippen LogP contribution >= 0.6 is 23.2 Å². The lowest BCUT2D eigenvalue weighted by molar-refractivity contribution is 0.102. The Morgan fingerprint density at radius 2 is 1.80 bits per heavy atom. The smallest absolute Gasteiger partial charge is 0.255 e. The van der Waals surface area contributed by atoms with Crippen LogP contribution in [0.4, 0.5) is 11.4 Å². The van der Waals surface area contributed by atoms with Gasteiger partial charge in [-0.25, -0.2) is 0 Å². The standard InChI is InChI=1S/C15H14Cl2N2O/c1-2-9-3-4-13(8-14(9)18)19-15(20)10-5-11(16)7-12(17)6-10/h3-8H,2,18H2,1H3,(H,19,20). The molecule has 0 aliphatic heterocycles. The minimum absolute atomic E-state index is 0.280. The predicted octanol–water partition coefficient (Wildman–Crippen LogP) is 4.39. The molecule has 0 unspecified atom stereocenters. The molecule has 0 saturated heterocycles. The Morgan fingerprint density at radius 3 is 2.35 bits per heavy atom. The number of hydrogen-bond acceptors (Lipinski definition) is 2. The summed E-state index contributed by atoms with van der Waals surface area (Å²) in [6, 6.07) is 10.2. The molecule has 0 spiro atoms. The number of anilines is 2. The Bertz CT molecular complexity index is 636. The second-order valence-electron chi connectivity index (χ2n) is 4.38. The van der Waals surface area contributed by atoms with Crippen LogP contribution < -0.4 is 11.1 Å². The van der Waals surface area contributed by atoms with Crippen LogP contribution in [0.15, 0.2) is 36.4 Å². The molecule has 0 bridgehead atoms. The van der Waals surface area contributed by atoms with Crippen molar-refractivity contribution < 1.29 is 4.79 Å². The highest BCUT2D eigenvalue weighted by molar-refractivity contribution is 6.35. The number of hydrogen-bond donors (Lipinski definition) is 2. The molecule has 20 heavy (non-hydrogen) atoms. The first-order valence-electron chi connectivity index (χ1n) is 6.15. The zero-order valence-corrected chi connectivity index (χ0v) is 12.4. The van der Waals surface area contributed by atoms with E-state index in [1.165, 1.54) is 0 Å². The van der Waals surface area contributed by atoms with Crippen LogP contribution in [0.1, 0.15) is 22.8 Å². The first-order chi connectivity index (χ1) is 9.49. The third-order valence-corrected chi connectivity index (χ3v) is 3.35. The number of carbonyl (C=O) groups excluding carboxylic acids is 1. The minimum atomic E-state index is -0.280. The lowest BCUT2D eigenvalue weighted by Gasteiger charge is -2.09. The molecular weight excluding hydrogens is 295 g/mol. The van der Waals surface area contributed by atoms with Crippen LogP contribution in [0.5, 0.6) is 0 Å². The number of rotatable bonds is 3. The van der Waals surface area contributed by atoms with Crippen molar-refractivity contribution in [3.63, 3.8) is 0 Å². The van der Waals surface area contributed by atoms with E-state index in [4.69, 9.17) is 28.9 Å². The molecule has 1 amide bonds. The average molecular weight is 309 g/mol. The van der Waals surface area contributed by atoms with Crippen LogP contribution in [-0.4, -0.2) is 5.91 Å². The largest absolute Gasteiger partial charge is 0.398 e. The summed E-state index contributed by atoms with van der Waals surface area (Å²) in [5, 5.41) is 3.61. The number of carbonyl (C=O) groups is 1. The summed E-state index contributed by atoms with van der Waals surface area (Å²) in [6.07, 6.45) is 0.851. The molecule has 5 heteroatoms. The number of benzene rings is 2. The monoisotopic (exact) mass is 308 g/mol. The zero-order chi connectivity index (χ0) is 14.7. The Morgan fingerprint density at radius 1 is 1.15 bits per heavy atom. The summed E-state index contributed by atoms with van der Waals surface area (Å²) in [6.45, 7) is 2.03. The van der Waals surface area contributed by atoms with Gasteiger partial charge in [0.05, 0.1) is 0 Å². The fourth-order valence-corrected chi connectivity index (χ4v) is 2.41.